The van der Waals surface area contributed by atoms with Gasteiger partial charge in [-0.2, -0.15) is 0 Å². The Balaban J connectivity index is 1.87. The molecule has 0 spiro atoms. The number of ketones is 1. The molecule has 37 heavy (non-hydrogen) atoms. The van der Waals surface area contributed by atoms with Gasteiger partial charge in [0.15, 0.2) is 5.78 Å². The Hall–Kier alpha value is -3.07. The molecular formula is C27H36ClN3O6. The van der Waals surface area contributed by atoms with Crippen molar-refractivity contribution in [1.82, 2.24) is 15.2 Å². The van der Waals surface area contributed by atoms with Crippen LogP contribution in [0.5, 0.6) is 11.6 Å². The number of hydrogen-bond donors (Lipinski definition) is 1. The van der Waals surface area contributed by atoms with Gasteiger partial charge in [0.1, 0.15) is 23.5 Å². The molecule has 2 aromatic rings. The van der Waals surface area contributed by atoms with Crippen LogP contribution in [0.15, 0.2) is 24.4 Å². The number of hydrogen-bond acceptors (Lipinski definition) is 7. The van der Waals surface area contributed by atoms with Crippen LogP contribution in [0.25, 0.3) is 10.8 Å². The van der Waals surface area contributed by atoms with Crippen LogP contribution in [0.4, 0.5) is 4.79 Å². The van der Waals surface area contributed by atoms with Crippen molar-refractivity contribution in [2.45, 2.75) is 78.7 Å². The number of rotatable bonds is 6. The largest absolute Gasteiger partial charge is 0.494 e. The number of aromatic nitrogens is 1. The lowest BCUT2D eigenvalue weighted by Gasteiger charge is -2.35. The highest BCUT2D eigenvalue weighted by Crippen LogP contribution is 2.35. The summed E-state index contributed by atoms with van der Waals surface area (Å²) in [6.07, 6.45) is 0.660. The third-order valence-corrected chi connectivity index (χ3v) is 6.30. The monoisotopic (exact) mass is 533 g/mol. The fourth-order valence-corrected chi connectivity index (χ4v) is 4.50. The maximum Gasteiger partial charge on any atom is 0.408 e. The first-order chi connectivity index (χ1) is 17.1. The van der Waals surface area contributed by atoms with E-state index in [-0.39, 0.29) is 18.2 Å². The van der Waals surface area contributed by atoms with Gasteiger partial charge in [0.25, 0.3) is 0 Å². The van der Waals surface area contributed by atoms with Gasteiger partial charge in [0.05, 0.1) is 25.9 Å². The SMILES string of the molecule is COc1cnc(O[C@@H]2C[C@@H](C(C)=O)N(C(=O)[C@@H](NC(=O)OC(C)(C)C)C(C)(C)C)C2)c2cc(Cl)ccc12. The lowest BCUT2D eigenvalue weighted by atomic mass is 9.85. The molecule has 10 heteroatoms. The van der Waals surface area contributed by atoms with Crippen LogP contribution in [0.2, 0.25) is 5.02 Å². The molecule has 2 heterocycles. The number of fused-ring (bicyclic) bond motifs is 1. The highest BCUT2D eigenvalue weighted by Gasteiger charge is 2.45. The van der Waals surface area contributed by atoms with Crippen LogP contribution >= 0.6 is 11.6 Å². The van der Waals surface area contributed by atoms with E-state index in [2.05, 4.69) is 10.3 Å². The van der Waals surface area contributed by atoms with Crippen molar-refractivity contribution in [3.05, 3.63) is 29.4 Å². The van der Waals surface area contributed by atoms with Crippen molar-refractivity contribution in [3.8, 4) is 11.6 Å². The van der Waals surface area contributed by atoms with Crippen molar-refractivity contribution < 1.29 is 28.6 Å². The normalized spacial score (nSPS) is 18.9. The first-order valence-electron chi connectivity index (χ1n) is 12.2. The summed E-state index contributed by atoms with van der Waals surface area (Å²) in [5, 5.41) is 4.66. The molecule has 1 fully saturated rings. The van der Waals surface area contributed by atoms with Gasteiger partial charge in [-0.25, -0.2) is 9.78 Å². The van der Waals surface area contributed by atoms with E-state index in [0.29, 0.717) is 28.5 Å². The molecule has 0 aliphatic carbocycles. The van der Waals surface area contributed by atoms with Crippen molar-refractivity contribution >= 4 is 40.2 Å². The average Bonchev–Trinajstić information content (AvgIpc) is 3.19. The third kappa shape index (κ3) is 6.83. The Morgan fingerprint density at radius 1 is 1.14 bits per heavy atom. The number of halogens is 1. The lowest BCUT2D eigenvalue weighted by Crippen LogP contribution is -2.57. The molecule has 1 saturated heterocycles. The standard InChI is InChI=1S/C27H36ClN3O6/c1-15(32)20-12-17(36-23-19-11-16(28)9-10-18(19)21(35-8)13-29-23)14-31(20)24(33)22(26(2,3)4)30-25(34)37-27(5,6)7/h9-11,13,17,20,22H,12,14H2,1-8H3,(H,30,34)/t17-,20+,22-/m1/s1. The van der Waals surface area contributed by atoms with E-state index < -0.39 is 35.3 Å². The maximum atomic E-state index is 13.7. The minimum atomic E-state index is -0.915. The summed E-state index contributed by atoms with van der Waals surface area (Å²) >= 11 is 6.22. The van der Waals surface area contributed by atoms with E-state index in [1.807, 2.05) is 26.8 Å². The van der Waals surface area contributed by atoms with Crippen molar-refractivity contribution in [3.63, 3.8) is 0 Å². The number of carbonyl (C=O) groups excluding carboxylic acids is 3. The molecule has 0 radical (unpaired) electrons. The number of likely N-dealkylation sites (tertiary alicyclic amines) is 1. The highest BCUT2D eigenvalue weighted by atomic mass is 35.5. The zero-order chi connectivity index (χ0) is 27.7. The van der Waals surface area contributed by atoms with Gasteiger partial charge in [0, 0.05) is 22.2 Å². The number of nitrogens with zero attached hydrogens (tertiary/aromatic N) is 2. The predicted octanol–water partition coefficient (Wildman–Crippen LogP) is 4.77. The highest BCUT2D eigenvalue weighted by molar-refractivity contribution is 6.31. The van der Waals surface area contributed by atoms with Gasteiger partial charge in [-0.1, -0.05) is 32.4 Å². The van der Waals surface area contributed by atoms with E-state index >= 15 is 0 Å². The zero-order valence-electron chi connectivity index (χ0n) is 22.7. The molecule has 202 valence electrons. The second-order valence-electron chi connectivity index (χ2n) is 11.4. The number of nitrogens with one attached hydrogen (secondary N) is 1. The lowest BCUT2D eigenvalue weighted by molar-refractivity contribution is -0.141. The molecule has 0 unspecified atom stereocenters. The Morgan fingerprint density at radius 3 is 2.38 bits per heavy atom. The van der Waals surface area contributed by atoms with Gasteiger partial charge >= 0.3 is 6.09 Å². The molecule has 1 aromatic heterocycles. The van der Waals surface area contributed by atoms with E-state index in [4.69, 9.17) is 25.8 Å². The summed E-state index contributed by atoms with van der Waals surface area (Å²) in [4.78, 5) is 44.7. The van der Waals surface area contributed by atoms with Crippen LogP contribution < -0.4 is 14.8 Å². The van der Waals surface area contributed by atoms with Crippen LogP contribution in [-0.2, 0) is 14.3 Å². The second-order valence-corrected chi connectivity index (χ2v) is 11.8. The van der Waals surface area contributed by atoms with E-state index in [0.717, 1.165) is 5.39 Å². The van der Waals surface area contributed by atoms with Crippen LogP contribution in [0, 0.1) is 5.41 Å². The summed E-state index contributed by atoms with van der Waals surface area (Å²) in [6, 6.07) is 3.70. The van der Waals surface area contributed by atoms with Gasteiger partial charge < -0.3 is 24.4 Å². The molecule has 3 rings (SSSR count). The fraction of sp³-hybridized carbons (Fsp3) is 0.556. The van der Waals surface area contributed by atoms with Gasteiger partial charge in [0.2, 0.25) is 11.8 Å². The molecule has 1 N–H and O–H groups in total. The molecule has 1 aliphatic rings. The number of amides is 2. The Labute approximate surface area is 222 Å². The number of alkyl carbamates (subject to hydrolysis) is 1. The summed E-state index contributed by atoms with van der Waals surface area (Å²) in [6.45, 7) is 12.4. The minimum Gasteiger partial charge on any atom is -0.494 e. The van der Waals surface area contributed by atoms with E-state index in [9.17, 15) is 14.4 Å². The first kappa shape index (κ1) is 28.5. The summed E-state index contributed by atoms with van der Waals surface area (Å²) in [5.74, 6) is 0.365. The molecule has 0 saturated carbocycles. The molecule has 2 amide bonds. The molecule has 3 atom stereocenters. The quantitative estimate of drug-likeness (QED) is 0.569. The number of methoxy groups -OCH3 is 1. The van der Waals surface area contributed by atoms with Crippen LogP contribution in [0.1, 0.15) is 54.9 Å². The Morgan fingerprint density at radius 2 is 1.81 bits per heavy atom. The summed E-state index contributed by atoms with van der Waals surface area (Å²) in [5.41, 5.74) is -1.36. The fourth-order valence-electron chi connectivity index (χ4n) is 4.33. The predicted molar refractivity (Wildman–Crippen MR) is 141 cm³/mol. The van der Waals surface area contributed by atoms with E-state index in [1.165, 1.54) is 11.8 Å². The molecule has 0 bridgehead atoms. The maximum absolute atomic E-state index is 13.7. The van der Waals surface area contributed by atoms with Gasteiger partial charge in [-0.15, -0.1) is 0 Å². The number of pyridine rings is 1. The number of ether oxygens (including phenoxy) is 3. The van der Waals surface area contributed by atoms with E-state index in [1.54, 1.807) is 46.2 Å². The first-order valence-corrected chi connectivity index (χ1v) is 12.6. The third-order valence-electron chi connectivity index (χ3n) is 6.06. The van der Waals surface area contributed by atoms with Gasteiger partial charge in [-0.3, -0.25) is 9.59 Å². The minimum absolute atomic E-state index is 0.154. The molecule has 9 nitrogen and oxygen atoms in total. The number of Topliss-reactive ketones (excluding diaryl/α,β-unsaturated/α-hetero) is 1. The molecule has 1 aromatic carbocycles. The Bertz CT molecular complexity index is 1190. The van der Waals surface area contributed by atoms with Crippen LogP contribution in [0.3, 0.4) is 0 Å². The van der Waals surface area contributed by atoms with Crippen molar-refractivity contribution in [2.75, 3.05) is 13.7 Å². The Kier molecular flexibility index (Phi) is 8.27. The molecular weight excluding hydrogens is 498 g/mol. The van der Waals surface area contributed by atoms with Gasteiger partial charge in [-0.05, 0) is 51.3 Å². The summed E-state index contributed by atoms with van der Waals surface area (Å²) in [7, 11) is 1.56. The second kappa shape index (κ2) is 10.7. The number of carbonyl (C=O) groups is 3. The average molecular weight is 534 g/mol. The molecule has 1 aliphatic heterocycles. The topological polar surface area (TPSA) is 107 Å². The smallest absolute Gasteiger partial charge is 0.408 e. The van der Waals surface area contributed by atoms with Crippen molar-refractivity contribution in [1.29, 1.82) is 0 Å². The van der Waals surface area contributed by atoms with Crippen molar-refractivity contribution in [2.24, 2.45) is 5.41 Å². The van der Waals surface area contributed by atoms with Crippen LogP contribution in [-0.4, -0.2) is 65.1 Å². The zero-order valence-corrected chi connectivity index (χ0v) is 23.4. The summed E-state index contributed by atoms with van der Waals surface area (Å²) < 4.78 is 17.0. The number of benzene rings is 1.